The van der Waals surface area contributed by atoms with Gasteiger partial charge in [0.05, 0.1) is 16.6 Å². The quantitative estimate of drug-likeness (QED) is 0.144. The summed E-state index contributed by atoms with van der Waals surface area (Å²) < 4.78 is 11.2. The van der Waals surface area contributed by atoms with Gasteiger partial charge in [-0.3, -0.25) is 0 Å². The van der Waals surface area contributed by atoms with Crippen LogP contribution in [0.25, 0.3) is 107 Å². The van der Waals surface area contributed by atoms with Crippen LogP contribution < -0.4 is 0 Å². The summed E-state index contributed by atoms with van der Waals surface area (Å²) in [4.78, 5) is 19.8. The van der Waals surface area contributed by atoms with Crippen molar-refractivity contribution in [2.24, 2.45) is 0 Å². The summed E-state index contributed by atoms with van der Waals surface area (Å²) in [6.45, 7) is 6.15. The number of hydrogen-bond donors (Lipinski definition) is 0. The maximum absolute atomic E-state index is 6.46. The van der Waals surface area contributed by atoms with Crippen LogP contribution in [0.1, 0.15) is 11.3 Å². The third-order valence-corrected chi connectivity index (χ3v) is 11.2. The summed E-state index contributed by atoms with van der Waals surface area (Å²) in [5.41, 5.74) is 12.7. The van der Waals surface area contributed by atoms with Crippen LogP contribution in [0, 0.1) is 6.92 Å². The predicted molar refractivity (Wildman–Crippen MR) is 244 cm³/mol. The Morgan fingerprint density at radius 1 is 0.483 bits per heavy atom. The lowest BCUT2D eigenvalue weighted by Crippen LogP contribution is -2.00. The van der Waals surface area contributed by atoms with Crippen molar-refractivity contribution < 1.29 is 4.42 Å². The SMILES string of the molecule is C=C/C=C\c1c(C)c2cc3c4ccccc4n(-c4cccc(-c5nc6cc(-c7nc(-c8ccccc8)nc(-c8ccccc8)n7)ccc6o5)c4)c3cc2n1-c1ccccc1. The molecule has 0 amide bonds. The molecule has 11 aromatic rings. The molecule has 11 rings (SSSR count). The smallest absolute Gasteiger partial charge is 0.227 e. The molecule has 0 aliphatic heterocycles. The molecule has 0 saturated heterocycles. The minimum atomic E-state index is 0.532. The molecule has 7 aromatic carbocycles. The molecule has 60 heavy (non-hydrogen) atoms. The van der Waals surface area contributed by atoms with Gasteiger partial charge in [0.1, 0.15) is 5.52 Å². The highest BCUT2D eigenvalue weighted by atomic mass is 16.3. The molecule has 0 spiro atoms. The van der Waals surface area contributed by atoms with E-state index in [1.807, 2.05) is 97.1 Å². The highest BCUT2D eigenvalue weighted by Gasteiger charge is 2.20. The average Bonchev–Trinajstić information content (AvgIpc) is 3.97. The first-order valence-electron chi connectivity index (χ1n) is 19.9. The van der Waals surface area contributed by atoms with Crippen LogP contribution in [-0.2, 0) is 0 Å². The molecule has 0 atom stereocenters. The van der Waals surface area contributed by atoms with Crippen molar-refractivity contribution in [2.75, 3.05) is 0 Å². The minimum absolute atomic E-state index is 0.532. The Balaban J connectivity index is 1.04. The van der Waals surface area contributed by atoms with E-state index in [2.05, 4.69) is 114 Å². The van der Waals surface area contributed by atoms with E-state index < -0.39 is 0 Å². The zero-order valence-corrected chi connectivity index (χ0v) is 32.7. The van der Waals surface area contributed by atoms with Crippen molar-refractivity contribution in [3.05, 3.63) is 200 Å². The van der Waals surface area contributed by atoms with Gasteiger partial charge in [-0.25, -0.2) is 19.9 Å². The molecule has 7 heteroatoms. The molecule has 284 valence electrons. The van der Waals surface area contributed by atoms with Gasteiger partial charge in [0.2, 0.25) is 5.89 Å². The monoisotopic (exact) mass is 772 g/mol. The third kappa shape index (κ3) is 5.91. The Kier molecular flexibility index (Phi) is 8.37. The van der Waals surface area contributed by atoms with Gasteiger partial charge in [-0.1, -0.05) is 122 Å². The Bertz CT molecular complexity index is 3390. The number of aromatic nitrogens is 6. The van der Waals surface area contributed by atoms with E-state index in [0.29, 0.717) is 34.5 Å². The van der Waals surface area contributed by atoms with Gasteiger partial charge >= 0.3 is 0 Å². The number of nitrogens with zero attached hydrogens (tertiary/aromatic N) is 6. The topological polar surface area (TPSA) is 74.6 Å². The molecular weight excluding hydrogens is 737 g/mol. The largest absolute Gasteiger partial charge is 0.436 e. The molecule has 0 aliphatic rings. The fourth-order valence-electron chi connectivity index (χ4n) is 8.32. The zero-order chi connectivity index (χ0) is 40.2. The number of fused-ring (bicyclic) bond motifs is 5. The predicted octanol–water partition coefficient (Wildman–Crippen LogP) is 13.2. The number of para-hydroxylation sites is 2. The van der Waals surface area contributed by atoms with Gasteiger partial charge in [0.25, 0.3) is 0 Å². The second kappa shape index (κ2) is 14.3. The van der Waals surface area contributed by atoms with E-state index in [-0.39, 0.29) is 0 Å². The van der Waals surface area contributed by atoms with Crippen molar-refractivity contribution in [2.45, 2.75) is 6.92 Å². The summed E-state index contributed by atoms with van der Waals surface area (Å²) in [6.07, 6.45) is 5.98. The molecular formula is C53H36N6O. The fraction of sp³-hybridized carbons (Fsp3) is 0.0189. The normalized spacial score (nSPS) is 11.8. The molecule has 0 fully saturated rings. The maximum atomic E-state index is 6.46. The summed E-state index contributed by atoms with van der Waals surface area (Å²) in [5, 5.41) is 3.59. The highest BCUT2D eigenvalue weighted by molar-refractivity contribution is 6.14. The number of oxazole rings is 1. The lowest BCUT2D eigenvalue weighted by molar-refractivity contribution is 0.620. The van der Waals surface area contributed by atoms with E-state index in [1.54, 1.807) is 0 Å². The van der Waals surface area contributed by atoms with Crippen LogP contribution in [0.4, 0.5) is 0 Å². The molecule has 0 bridgehead atoms. The van der Waals surface area contributed by atoms with Crippen molar-refractivity contribution in [1.82, 2.24) is 29.1 Å². The van der Waals surface area contributed by atoms with E-state index in [1.165, 1.54) is 21.7 Å². The third-order valence-electron chi connectivity index (χ3n) is 11.2. The van der Waals surface area contributed by atoms with Crippen LogP contribution in [0.15, 0.2) is 193 Å². The van der Waals surface area contributed by atoms with Crippen LogP contribution in [-0.4, -0.2) is 29.1 Å². The second-order valence-corrected chi connectivity index (χ2v) is 14.8. The van der Waals surface area contributed by atoms with Crippen LogP contribution in [0.3, 0.4) is 0 Å². The first-order chi connectivity index (χ1) is 29.6. The summed E-state index contributed by atoms with van der Waals surface area (Å²) >= 11 is 0. The Labute approximate surface area is 345 Å². The molecule has 0 radical (unpaired) electrons. The average molecular weight is 773 g/mol. The lowest BCUT2D eigenvalue weighted by Gasteiger charge is -2.11. The molecule has 4 heterocycles. The number of aryl methyl sites for hydroxylation is 1. The van der Waals surface area contributed by atoms with E-state index in [9.17, 15) is 0 Å². The van der Waals surface area contributed by atoms with Crippen molar-refractivity contribution in [3.8, 4) is 57.0 Å². The highest BCUT2D eigenvalue weighted by Crippen LogP contribution is 2.40. The van der Waals surface area contributed by atoms with Crippen molar-refractivity contribution in [1.29, 1.82) is 0 Å². The van der Waals surface area contributed by atoms with Gasteiger partial charge in [-0.15, -0.1) is 0 Å². The van der Waals surface area contributed by atoms with Gasteiger partial charge in [-0.05, 0) is 85.3 Å². The maximum Gasteiger partial charge on any atom is 0.227 e. The summed E-state index contributed by atoms with van der Waals surface area (Å²) in [6, 6.07) is 58.2. The number of allylic oxidation sites excluding steroid dienone is 2. The molecule has 7 nitrogen and oxygen atoms in total. The fourth-order valence-corrected chi connectivity index (χ4v) is 8.32. The second-order valence-electron chi connectivity index (χ2n) is 14.8. The van der Waals surface area contributed by atoms with Crippen LogP contribution >= 0.6 is 0 Å². The van der Waals surface area contributed by atoms with Crippen molar-refractivity contribution in [3.63, 3.8) is 0 Å². The van der Waals surface area contributed by atoms with Crippen molar-refractivity contribution >= 4 is 49.9 Å². The molecule has 0 aliphatic carbocycles. The number of benzene rings is 7. The van der Waals surface area contributed by atoms with Crippen LogP contribution in [0.2, 0.25) is 0 Å². The number of hydrogen-bond acceptors (Lipinski definition) is 5. The van der Waals surface area contributed by atoms with E-state index in [4.69, 9.17) is 24.4 Å². The van der Waals surface area contributed by atoms with Crippen LogP contribution in [0.5, 0.6) is 0 Å². The van der Waals surface area contributed by atoms with E-state index in [0.717, 1.165) is 55.9 Å². The van der Waals surface area contributed by atoms with Gasteiger partial charge < -0.3 is 13.6 Å². The molecule has 0 unspecified atom stereocenters. The Morgan fingerprint density at radius 2 is 1.10 bits per heavy atom. The molecule has 0 N–H and O–H groups in total. The number of rotatable bonds is 8. The minimum Gasteiger partial charge on any atom is -0.436 e. The van der Waals surface area contributed by atoms with Gasteiger partial charge in [0.15, 0.2) is 23.1 Å². The first kappa shape index (κ1) is 35.0. The lowest BCUT2D eigenvalue weighted by atomic mass is 10.1. The molecule has 4 aromatic heterocycles. The summed E-state index contributed by atoms with van der Waals surface area (Å²) in [7, 11) is 0. The Hall–Kier alpha value is -8.16. The van der Waals surface area contributed by atoms with E-state index >= 15 is 0 Å². The first-order valence-corrected chi connectivity index (χ1v) is 19.9. The van der Waals surface area contributed by atoms with Gasteiger partial charge in [0, 0.05) is 55.5 Å². The molecule has 0 saturated carbocycles. The zero-order valence-electron chi connectivity index (χ0n) is 32.7. The standard InChI is InChI=1S/C53H36N6O/c1-3-4-26-45-34(2)42-32-43-41-25-14-15-27-46(41)59(48(43)33-47(42)58(45)39-22-12-7-13-23-39)40-24-16-21-38(30-40)53-54-44-31-37(28-29-49(44)60-53)52-56-50(35-17-8-5-9-18-35)55-51(57-52)36-19-10-6-11-20-36/h3-33H,1H2,2H3/b26-4-. The summed E-state index contributed by atoms with van der Waals surface area (Å²) in [5.74, 6) is 2.31. The Morgan fingerprint density at radius 3 is 1.82 bits per heavy atom. The van der Waals surface area contributed by atoms with Gasteiger partial charge in [-0.2, -0.15) is 0 Å².